The lowest BCUT2D eigenvalue weighted by atomic mass is 10.0. The zero-order chi connectivity index (χ0) is 14.1. The van der Waals surface area contributed by atoms with Crippen LogP contribution in [-0.4, -0.2) is 31.6 Å². The fourth-order valence-electron chi connectivity index (χ4n) is 2.01. The lowest BCUT2D eigenvalue weighted by Gasteiger charge is -2.23. The zero-order valence-electron chi connectivity index (χ0n) is 10.3. The van der Waals surface area contributed by atoms with E-state index in [-0.39, 0.29) is 11.5 Å². The maximum Gasteiger partial charge on any atom is 0.413 e. The molecule has 19 heavy (non-hydrogen) atoms. The molecule has 1 aliphatic rings. The second kappa shape index (κ2) is 5.13. The number of hydrogen-bond donors (Lipinski definition) is 1. The Labute approximate surface area is 120 Å². The second-order valence-electron chi connectivity index (χ2n) is 4.85. The molecule has 104 valence electrons. The number of carbonyl (C=O) groups excluding carboxylic acids is 1. The van der Waals surface area contributed by atoms with Crippen molar-refractivity contribution in [2.24, 2.45) is 0 Å². The summed E-state index contributed by atoms with van der Waals surface area (Å²) in [6.45, 7) is 1.71. The van der Waals surface area contributed by atoms with Crippen LogP contribution in [0.15, 0.2) is 28.7 Å². The molecule has 0 radical (unpaired) electrons. The average molecular weight is 348 g/mol. The van der Waals surface area contributed by atoms with Crippen molar-refractivity contribution in [3.05, 3.63) is 28.7 Å². The summed E-state index contributed by atoms with van der Waals surface area (Å²) >= 11 is 3.27. The third kappa shape index (κ3) is 3.70. The van der Waals surface area contributed by atoms with Gasteiger partial charge in [-0.25, -0.2) is 13.2 Å². The molecular weight excluding hydrogens is 334 g/mol. The number of carbonyl (C=O) groups is 1. The van der Waals surface area contributed by atoms with E-state index in [1.807, 2.05) is 0 Å². The molecule has 0 aliphatic carbocycles. The molecule has 1 aromatic rings. The van der Waals surface area contributed by atoms with Crippen molar-refractivity contribution in [2.75, 3.05) is 11.5 Å². The van der Waals surface area contributed by atoms with Gasteiger partial charge in [-0.3, -0.25) is 0 Å². The number of hydrogen-bond acceptors (Lipinski definition) is 4. The minimum atomic E-state index is -3.06. The lowest BCUT2D eigenvalue weighted by molar-refractivity contribution is 0.189. The number of halogens is 1. The van der Waals surface area contributed by atoms with Gasteiger partial charge in [0.15, 0.2) is 9.84 Å². The van der Waals surface area contributed by atoms with Crippen LogP contribution in [0.25, 0.3) is 0 Å². The second-order valence-corrected chi connectivity index (χ2v) is 7.89. The van der Waals surface area contributed by atoms with E-state index in [0.717, 1.165) is 0 Å². The van der Waals surface area contributed by atoms with Crippen LogP contribution in [0.3, 0.4) is 0 Å². The van der Waals surface area contributed by atoms with E-state index in [2.05, 4.69) is 21.2 Å². The summed E-state index contributed by atoms with van der Waals surface area (Å²) in [7, 11) is -3.06. The summed E-state index contributed by atoms with van der Waals surface area (Å²) in [5.41, 5.74) is -0.753. The highest BCUT2D eigenvalue weighted by Crippen LogP contribution is 2.26. The summed E-state index contributed by atoms with van der Waals surface area (Å²) in [6.07, 6.45) is -0.244. The maximum atomic E-state index is 11.8. The number of benzene rings is 1. The monoisotopic (exact) mass is 347 g/mol. The third-order valence-corrected chi connectivity index (χ3v) is 5.50. The summed E-state index contributed by atoms with van der Waals surface area (Å²) in [6, 6.07) is 6.95. The highest BCUT2D eigenvalue weighted by atomic mass is 79.9. The third-order valence-electron chi connectivity index (χ3n) is 2.95. The first-order valence-electron chi connectivity index (χ1n) is 5.75. The van der Waals surface area contributed by atoms with E-state index >= 15 is 0 Å². The predicted molar refractivity (Wildman–Crippen MR) is 75.0 cm³/mol. The molecule has 1 N–H and O–H groups in total. The van der Waals surface area contributed by atoms with Crippen molar-refractivity contribution in [2.45, 2.75) is 18.9 Å². The molecule has 1 fully saturated rings. The predicted octanol–water partition coefficient (Wildman–Crippen LogP) is 2.11. The first kappa shape index (κ1) is 14.3. The molecule has 1 unspecified atom stereocenters. The molecule has 2 rings (SSSR count). The van der Waals surface area contributed by atoms with Crippen molar-refractivity contribution in [1.29, 1.82) is 0 Å². The van der Waals surface area contributed by atoms with Crippen LogP contribution in [0.2, 0.25) is 0 Å². The number of sulfone groups is 1. The van der Waals surface area contributed by atoms with Crippen molar-refractivity contribution in [3.8, 4) is 5.75 Å². The maximum absolute atomic E-state index is 11.8. The standard InChI is InChI=1S/C12H14BrNO4S/c1-12(6-7-19(16,17)8-12)14-11(15)18-10-5-3-2-4-9(10)13/h2-5H,6-8H2,1H3,(H,14,15). The van der Waals surface area contributed by atoms with E-state index in [0.29, 0.717) is 16.6 Å². The Morgan fingerprint density at radius 2 is 2.11 bits per heavy atom. The smallest absolute Gasteiger partial charge is 0.409 e. The molecule has 0 bridgehead atoms. The Hall–Kier alpha value is -1.08. The highest BCUT2D eigenvalue weighted by molar-refractivity contribution is 9.10. The molecule has 1 atom stereocenters. The van der Waals surface area contributed by atoms with Crippen LogP contribution in [0.4, 0.5) is 4.79 Å². The minimum absolute atomic E-state index is 0.0505. The van der Waals surface area contributed by atoms with Gasteiger partial charge in [0.2, 0.25) is 0 Å². The molecule has 0 saturated carbocycles. The molecule has 0 spiro atoms. The van der Waals surface area contributed by atoms with E-state index < -0.39 is 21.5 Å². The average Bonchev–Trinajstić information content (AvgIpc) is 2.56. The van der Waals surface area contributed by atoms with Gasteiger partial charge in [0.25, 0.3) is 0 Å². The van der Waals surface area contributed by atoms with Gasteiger partial charge in [0.1, 0.15) is 5.75 Å². The van der Waals surface area contributed by atoms with Gasteiger partial charge in [0, 0.05) is 0 Å². The Kier molecular flexibility index (Phi) is 3.87. The van der Waals surface area contributed by atoms with Crippen LogP contribution in [0.1, 0.15) is 13.3 Å². The first-order valence-corrected chi connectivity index (χ1v) is 8.36. The minimum Gasteiger partial charge on any atom is -0.409 e. The summed E-state index contributed by atoms with van der Waals surface area (Å²) in [5, 5.41) is 2.63. The molecule has 1 saturated heterocycles. The molecule has 7 heteroatoms. The van der Waals surface area contributed by atoms with E-state index in [9.17, 15) is 13.2 Å². The van der Waals surface area contributed by atoms with Gasteiger partial charge in [-0.1, -0.05) is 12.1 Å². The topological polar surface area (TPSA) is 72.5 Å². The SMILES string of the molecule is CC1(NC(=O)Oc2ccccc2Br)CCS(=O)(=O)C1. The summed E-state index contributed by atoms with van der Waals surface area (Å²) < 4.78 is 28.7. The van der Waals surface area contributed by atoms with Gasteiger partial charge >= 0.3 is 6.09 Å². The molecule has 1 aromatic carbocycles. The molecule has 1 heterocycles. The van der Waals surface area contributed by atoms with E-state index in [1.165, 1.54) is 0 Å². The van der Waals surface area contributed by atoms with Crippen LogP contribution in [0, 0.1) is 0 Å². The van der Waals surface area contributed by atoms with Crippen LogP contribution in [0.5, 0.6) is 5.75 Å². The molecular formula is C12H14BrNO4S. The van der Waals surface area contributed by atoms with Gasteiger partial charge in [0.05, 0.1) is 21.5 Å². The van der Waals surface area contributed by atoms with E-state index in [4.69, 9.17) is 4.74 Å². The van der Waals surface area contributed by atoms with Crippen LogP contribution in [-0.2, 0) is 9.84 Å². The number of ether oxygens (including phenoxy) is 1. The highest BCUT2D eigenvalue weighted by Gasteiger charge is 2.39. The lowest BCUT2D eigenvalue weighted by Crippen LogP contribution is -2.48. The fraction of sp³-hybridized carbons (Fsp3) is 0.417. The van der Waals surface area contributed by atoms with Crippen LogP contribution >= 0.6 is 15.9 Å². The normalized spacial score (nSPS) is 24.9. The largest absolute Gasteiger partial charge is 0.413 e. The Bertz CT molecular complexity index is 602. The Morgan fingerprint density at radius 3 is 2.68 bits per heavy atom. The number of para-hydroxylation sites is 1. The van der Waals surface area contributed by atoms with Gasteiger partial charge in [-0.15, -0.1) is 0 Å². The molecule has 0 aromatic heterocycles. The zero-order valence-corrected chi connectivity index (χ0v) is 12.8. The van der Waals surface area contributed by atoms with Crippen molar-refractivity contribution < 1.29 is 17.9 Å². The van der Waals surface area contributed by atoms with Gasteiger partial charge in [-0.05, 0) is 41.4 Å². The van der Waals surface area contributed by atoms with Crippen molar-refractivity contribution >= 4 is 31.9 Å². The number of amides is 1. The Balaban J connectivity index is 2.01. The first-order chi connectivity index (χ1) is 8.80. The van der Waals surface area contributed by atoms with Crippen LogP contribution < -0.4 is 10.1 Å². The van der Waals surface area contributed by atoms with Gasteiger partial charge < -0.3 is 10.1 Å². The van der Waals surface area contributed by atoms with Gasteiger partial charge in [-0.2, -0.15) is 0 Å². The van der Waals surface area contributed by atoms with E-state index in [1.54, 1.807) is 31.2 Å². The van der Waals surface area contributed by atoms with Crippen molar-refractivity contribution in [3.63, 3.8) is 0 Å². The number of rotatable bonds is 2. The Morgan fingerprint density at radius 1 is 1.42 bits per heavy atom. The molecule has 1 aliphatic heterocycles. The fourth-order valence-corrected chi connectivity index (χ4v) is 4.47. The summed E-state index contributed by atoms with van der Waals surface area (Å²) in [4.78, 5) is 11.8. The summed E-state index contributed by atoms with van der Waals surface area (Å²) in [5.74, 6) is 0.439. The molecule has 1 amide bonds. The number of nitrogens with one attached hydrogen (secondary N) is 1. The quantitative estimate of drug-likeness (QED) is 0.889. The van der Waals surface area contributed by atoms with Crippen molar-refractivity contribution in [1.82, 2.24) is 5.32 Å². The molecule has 5 nitrogen and oxygen atoms in total.